The number of aromatic nitrogens is 2. The molecule has 1 amide bonds. The molecule has 0 aliphatic carbocycles. The van der Waals surface area contributed by atoms with E-state index in [1.165, 1.54) is 18.2 Å². The van der Waals surface area contributed by atoms with Crippen LogP contribution in [0.3, 0.4) is 0 Å². The molecule has 1 heterocycles. The first kappa shape index (κ1) is 20.0. The summed E-state index contributed by atoms with van der Waals surface area (Å²) in [4.78, 5) is 19.1. The van der Waals surface area contributed by atoms with Gasteiger partial charge in [0.25, 0.3) is 5.91 Å². The van der Waals surface area contributed by atoms with Gasteiger partial charge in [0.05, 0.1) is 17.6 Å². The Balaban J connectivity index is 1.99. The van der Waals surface area contributed by atoms with Gasteiger partial charge in [-0.05, 0) is 37.1 Å². The number of amides is 1. The molecule has 0 saturated heterocycles. The predicted octanol–water partition coefficient (Wildman–Crippen LogP) is 5.17. The number of nitrogens with zero attached hydrogens (tertiary/aromatic N) is 3. The SMILES string of the molecule is CCCCN(Cc1nc2c(F)cccc2n1CCC)C(=O)c1ccccc1F. The minimum Gasteiger partial charge on any atom is -0.331 e. The van der Waals surface area contributed by atoms with E-state index in [4.69, 9.17) is 0 Å². The number of rotatable bonds is 8. The fourth-order valence-electron chi connectivity index (χ4n) is 3.33. The molecule has 0 aliphatic rings. The summed E-state index contributed by atoms with van der Waals surface area (Å²) >= 11 is 0. The van der Waals surface area contributed by atoms with Crippen LogP contribution in [0.4, 0.5) is 8.78 Å². The average Bonchev–Trinajstić information content (AvgIpc) is 3.04. The van der Waals surface area contributed by atoms with Crippen LogP contribution in [0.5, 0.6) is 0 Å². The number of para-hydroxylation sites is 1. The normalized spacial score (nSPS) is 11.1. The Kier molecular flexibility index (Phi) is 6.39. The molecule has 4 nitrogen and oxygen atoms in total. The van der Waals surface area contributed by atoms with E-state index in [1.54, 1.807) is 23.1 Å². The van der Waals surface area contributed by atoms with E-state index in [0.29, 0.717) is 29.9 Å². The molecule has 0 N–H and O–H groups in total. The van der Waals surface area contributed by atoms with Crippen LogP contribution in [0.25, 0.3) is 11.0 Å². The van der Waals surface area contributed by atoms with Crippen LogP contribution in [0.2, 0.25) is 0 Å². The topological polar surface area (TPSA) is 38.1 Å². The maximum absolute atomic E-state index is 14.2. The smallest absolute Gasteiger partial charge is 0.257 e. The number of carbonyl (C=O) groups is 1. The number of benzene rings is 2. The summed E-state index contributed by atoms with van der Waals surface area (Å²) in [5.74, 6) is -0.680. The summed E-state index contributed by atoms with van der Waals surface area (Å²) < 4.78 is 30.3. The molecule has 0 saturated carbocycles. The van der Waals surface area contributed by atoms with Gasteiger partial charge in [0.2, 0.25) is 0 Å². The lowest BCUT2D eigenvalue weighted by molar-refractivity contribution is 0.0730. The quantitative estimate of drug-likeness (QED) is 0.537. The molecule has 3 rings (SSSR count). The third kappa shape index (κ3) is 4.06. The molecule has 148 valence electrons. The second-order valence-corrected chi connectivity index (χ2v) is 6.85. The summed E-state index contributed by atoms with van der Waals surface area (Å²) in [6.45, 7) is 5.44. The second kappa shape index (κ2) is 8.95. The van der Waals surface area contributed by atoms with Crippen molar-refractivity contribution >= 4 is 16.9 Å². The van der Waals surface area contributed by atoms with E-state index >= 15 is 0 Å². The summed E-state index contributed by atoms with van der Waals surface area (Å²) in [5.41, 5.74) is 1.06. The summed E-state index contributed by atoms with van der Waals surface area (Å²) in [6, 6.07) is 10.9. The van der Waals surface area contributed by atoms with Gasteiger partial charge >= 0.3 is 0 Å². The Morgan fingerprint density at radius 1 is 1.04 bits per heavy atom. The molecule has 0 bridgehead atoms. The Bertz CT molecular complexity index is 968. The maximum Gasteiger partial charge on any atom is 0.257 e. The lowest BCUT2D eigenvalue weighted by Crippen LogP contribution is -2.33. The highest BCUT2D eigenvalue weighted by Gasteiger charge is 2.22. The molecule has 1 aromatic heterocycles. The average molecular weight is 385 g/mol. The number of halogens is 2. The van der Waals surface area contributed by atoms with E-state index in [-0.39, 0.29) is 23.8 Å². The number of hydrogen-bond donors (Lipinski definition) is 0. The first-order valence-corrected chi connectivity index (χ1v) is 9.74. The molecule has 0 fully saturated rings. The first-order chi connectivity index (χ1) is 13.6. The molecule has 0 spiro atoms. The van der Waals surface area contributed by atoms with Gasteiger partial charge in [-0.2, -0.15) is 0 Å². The molecule has 0 atom stereocenters. The second-order valence-electron chi connectivity index (χ2n) is 6.85. The minimum absolute atomic E-state index is 0.0444. The zero-order valence-electron chi connectivity index (χ0n) is 16.3. The monoisotopic (exact) mass is 385 g/mol. The van der Waals surface area contributed by atoms with Crippen LogP contribution in [0.1, 0.15) is 49.3 Å². The van der Waals surface area contributed by atoms with Crippen LogP contribution in [-0.2, 0) is 13.1 Å². The number of hydrogen-bond acceptors (Lipinski definition) is 2. The molecule has 0 radical (unpaired) electrons. The summed E-state index contributed by atoms with van der Waals surface area (Å²) in [7, 11) is 0. The standard InChI is InChI=1S/C22H25F2N3O/c1-3-5-14-26(22(28)16-9-6-7-10-17(16)23)15-20-25-21-18(24)11-8-12-19(21)27(20)13-4-2/h6-12H,3-5,13-15H2,1-2H3. The van der Waals surface area contributed by atoms with Gasteiger partial charge < -0.3 is 9.47 Å². The van der Waals surface area contributed by atoms with Crippen LogP contribution >= 0.6 is 0 Å². The van der Waals surface area contributed by atoms with Crippen molar-refractivity contribution in [1.29, 1.82) is 0 Å². The van der Waals surface area contributed by atoms with Crippen molar-refractivity contribution in [2.75, 3.05) is 6.54 Å². The van der Waals surface area contributed by atoms with Gasteiger partial charge in [-0.1, -0.05) is 38.5 Å². The van der Waals surface area contributed by atoms with Crippen molar-refractivity contribution in [2.45, 2.75) is 46.2 Å². The Morgan fingerprint density at radius 2 is 1.79 bits per heavy atom. The zero-order chi connectivity index (χ0) is 20.1. The molecule has 3 aromatic rings. The number of imidazole rings is 1. The van der Waals surface area contributed by atoms with Crippen molar-refractivity contribution < 1.29 is 13.6 Å². The maximum atomic E-state index is 14.2. The zero-order valence-corrected chi connectivity index (χ0v) is 16.3. The van der Waals surface area contributed by atoms with E-state index in [9.17, 15) is 13.6 Å². The number of fused-ring (bicyclic) bond motifs is 1. The van der Waals surface area contributed by atoms with Gasteiger partial charge in [-0.3, -0.25) is 4.79 Å². The molecular formula is C22H25F2N3O. The van der Waals surface area contributed by atoms with Crippen molar-refractivity contribution in [3.05, 3.63) is 65.5 Å². The van der Waals surface area contributed by atoms with Gasteiger partial charge in [-0.25, -0.2) is 13.8 Å². The van der Waals surface area contributed by atoms with Gasteiger partial charge in [0.1, 0.15) is 17.2 Å². The van der Waals surface area contributed by atoms with E-state index < -0.39 is 5.82 Å². The predicted molar refractivity (Wildman–Crippen MR) is 106 cm³/mol. The first-order valence-electron chi connectivity index (χ1n) is 9.74. The Hall–Kier alpha value is -2.76. The number of carbonyl (C=O) groups excluding carboxylic acids is 1. The molecule has 28 heavy (non-hydrogen) atoms. The molecule has 0 aliphatic heterocycles. The van der Waals surface area contributed by atoms with Gasteiger partial charge in [0.15, 0.2) is 5.82 Å². The lowest BCUT2D eigenvalue weighted by Gasteiger charge is -2.23. The van der Waals surface area contributed by atoms with Crippen LogP contribution in [0, 0.1) is 11.6 Å². The number of unbranched alkanes of at least 4 members (excludes halogenated alkanes) is 1. The minimum atomic E-state index is -0.540. The fourth-order valence-corrected chi connectivity index (χ4v) is 3.33. The summed E-state index contributed by atoms with van der Waals surface area (Å²) in [5, 5.41) is 0. The van der Waals surface area contributed by atoms with E-state index in [0.717, 1.165) is 19.3 Å². The summed E-state index contributed by atoms with van der Waals surface area (Å²) in [6.07, 6.45) is 2.55. The highest BCUT2D eigenvalue weighted by molar-refractivity contribution is 5.94. The Morgan fingerprint density at radius 3 is 2.50 bits per heavy atom. The van der Waals surface area contributed by atoms with E-state index in [1.807, 2.05) is 24.5 Å². The van der Waals surface area contributed by atoms with Crippen molar-refractivity contribution in [3.8, 4) is 0 Å². The van der Waals surface area contributed by atoms with Crippen molar-refractivity contribution in [1.82, 2.24) is 14.5 Å². The third-order valence-corrected chi connectivity index (χ3v) is 4.76. The van der Waals surface area contributed by atoms with E-state index in [2.05, 4.69) is 4.98 Å². The molecule has 6 heteroatoms. The third-order valence-electron chi connectivity index (χ3n) is 4.76. The largest absolute Gasteiger partial charge is 0.331 e. The van der Waals surface area contributed by atoms with Crippen LogP contribution in [0.15, 0.2) is 42.5 Å². The van der Waals surface area contributed by atoms with Crippen molar-refractivity contribution in [2.24, 2.45) is 0 Å². The van der Waals surface area contributed by atoms with Gasteiger partial charge in [-0.15, -0.1) is 0 Å². The molecule has 0 unspecified atom stereocenters. The molecular weight excluding hydrogens is 360 g/mol. The fraction of sp³-hybridized carbons (Fsp3) is 0.364. The lowest BCUT2D eigenvalue weighted by atomic mass is 10.1. The highest BCUT2D eigenvalue weighted by atomic mass is 19.1. The van der Waals surface area contributed by atoms with Gasteiger partial charge in [0, 0.05) is 13.1 Å². The van der Waals surface area contributed by atoms with Crippen LogP contribution in [-0.4, -0.2) is 26.9 Å². The van der Waals surface area contributed by atoms with Crippen LogP contribution < -0.4 is 0 Å². The number of aryl methyl sites for hydroxylation is 1. The Labute approximate surface area is 163 Å². The molecule has 2 aromatic carbocycles. The highest BCUT2D eigenvalue weighted by Crippen LogP contribution is 2.22. The van der Waals surface area contributed by atoms with Crippen molar-refractivity contribution in [3.63, 3.8) is 0 Å².